The molecule has 4 heteroatoms. The first-order chi connectivity index (χ1) is 7.92. The first-order valence-corrected chi connectivity index (χ1v) is 6.71. The number of nitrogens with one attached hydrogen (secondary N) is 2. The Morgan fingerprint density at radius 1 is 1.38 bits per heavy atom. The number of nitrogens with zero attached hydrogens (tertiary/aromatic N) is 1. The smallest absolute Gasteiger partial charge is 0.166 e. The molecule has 0 aliphatic carbocycles. The molecule has 1 aromatic carbocycles. The highest BCUT2D eigenvalue weighted by Crippen LogP contribution is 2.21. The number of hydrogen-bond acceptors (Lipinski definition) is 3. The van der Waals surface area contributed by atoms with Gasteiger partial charge in [-0.15, -0.1) is 0 Å². The summed E-state index contributed by atoms with van der Waals surface area (Å²) in [6.07, 6.45) is 2.61. The van der Waals surface area contributed by atoms with Crippen LogP contribution in [0, 0.1) is 0 Å². The van der Waals surface area contributed by atoms with E-state index in [0.29, 0.717) is 6.04 Å². The molecule has 1 aromatic heterocycles. The molecule has 84 valence electrons. The lowest BCUT2D eigenvalue weighted by molar-refractivity contribution is 0.673. The van der Waals surface area contributed by atoms with E-state index in [2.05, 4.69) is 21.4 Å². The van der Waals surface area contributed by atoms with Gasteiger partial charge >= 0.3 is 0 Å². The van der Waals surface area contributed by atoms with Crippen molar-refractivity contribution in [2.24, 2.45) is 0 Å². The normalized spacial score (nSPS) is 20.6. The quantitative estimate of drug-likeness (QED) is 0.800. The third kappa shape index (κ3) is 2.08. The summed E-state index contributed by atoms with van der Waals surface area (Å²) in [4.78, 5) is 7.90. The number of H-pyrrole nitrogens is 1. The topological polar surface area (TPSA) is 40.7 Å². The predicted octanol–water partition coefficient (Wildman–Crippen LogP) is 2.41. The molecular weight excluding hydrogens is 218 g/mol. The van der Waals surface area contributed by atoms with Gasteiger partial charge in [0.2, 0.25) is 0 Å². The maximum Gasteiger partial charge on any atom is 0.166 e. The van der Waals surface area contributed by atoms with E-state index in [1.54, 1.807) is 0 Å². The second kappa shape index (κ2) is 4.47. The molecule has 1 aliphatic heterocycles. The van der Waals surface area contributed by atoms with Gasteiger partial charge in [0.25, 0.3) is 0 Å². The van der Waals surface area contributed by atoms with Crippen LogP contribution in [0.25, 0.3) is 11.0 Å². The number of hydrogen-bond donors (Lipinski definition) is 2. The molecule has 1 aliphatic rings. The van der Waals surface area contributed by atoms with E-state index in [-0.39, 0.29) is 0 Å². The molecule has 0 radical (unpaired) electrons. The van der Waals surface area contributed by atoms with Crippen molar-refractivity contribution in [1.82, 2.24) is 15.3 Å². The molecule has 3 rings (SSSR count). The zero-order chi connectivity index (χ0) is 10.8. The van der Waals surface area contributed by atoms with Crippen molar-refractivity contribution in [2.45, 2.75) is 24.0 Å². The van der Waals surface area contributed by atoms with Crippen molar-refractivity contribution in [3.05, 3.63) is 24.3 Å². The van der Waals surface area contributed by atoms with Gasteiger partial charge < -0.3 is 10.3 Å². The monoisotopic (exact) mass is 233 g/mol. The number of para-hydroxylation sites is 2. The van der Waals surface area contributed by atoms with E-state index in [1.165, 1.54) is 19.4 Å². The van der Waals surface area contributed by atoms with Crippen molar-refractivity contribution in [3.63, 3.8) is 0 Å². The number of fused-ring (bicyclic) bond motifs is 1. The van der Waals surface area contributed by atoms with E-state index in [0.717, 1.165) is 21.9 Å². The summed E-state index contributed by atoms with van der Waals surface area (Å²) in [6, 6.07) is 8.84. The van der Waals surface area contributed by atoms with Crippen LogP contribution in [0.3, 0.4) is 0 Å². The highest BCUT2D eigenvalue weighted by Gasteiger charge is 2.14. The fraction of sp³-hybridized carbons (Fsp3) is 0.417. The van der Waals surface area contributed by atoms with Crippen LogP contribution in [0.1, 0.15) is 12.8 Å². The lowest BCUT2D eigenvalue weighted by Gasteiger charge is -2.06. The third-order valence-corrected chi connectivity index (χ3v) is 3.99. The van der Waals surface area contributed by atoms with Crippen molar-refractivity contribution in [3.8, 4) is 0 Å². The molecule has 0 spiro atoms. The Hall–Kier alpha value is -1.00. The lowest BCUT2D eigenvalue weighted by atomic mass is 10.3. The average Bonchev–Trinajstić information content (AvgIpc) is 2.95. The van der Waals surface area contributed by atoms with Gasteiger partial charge in [0.15, 0.2) is 5.16 Å². The van der Waals surface area contributed by atoms with E-state index >= 15 is 0 Å². The largest absolute Gasteiger partial charge is 0.333 e. The van der Waals surface area contributed by atoms with E-state index < -0.39 is 0 Å². The number of aromatic nitrogens is 2. The molecule has 2 N–H and O–H groups in total. The molecular formula is C12H15N3S. The predicted molar refractivity (Wildman–Crippen MR) is 67.8 cm³/mol. The highest BCUT2D eigenvalue weighted by atomic mass is 32.2. The van der Waals surface area contributed by atoms with Crippen LogP contribution in [-0.4, -0.2) is 28.3 Å². The molecule has 0 amide bonds. The molecule has 2 heterocycles. The Bertz CT molecular complexity index is 441. The molecule has 2 aromatic rings. The molecule has 0 unspecified atom stereocenters. The van der Waals surface area contributed by atoms with Crippen molar-refractivity contribution >= 4 is 22.8 Å². The molecule has 1 atom stereocenters. The molecule has 1 fully saturated rings. The Balaban J connectivity index is 1.69. The Morgan fingerprint density at radius 2 is 2.31 bits per heavy atom. The van der Waals surface area contributed by atoms with E-state index in [4.69, 9.17) is 0 Å². The molecule has 16 heavy (non-hydrogen) atoms. The Labute approximate surface area is 99.0 Å². The van der Waals surface area contributed by atoms with Crippen molar-refractivity contribution in [2.75, 3.05) is 12.3 Å². The first-order valence-electron chi connectivity index (χ1n) is 5.73. The second-order valence-electron chi connectivity index (χ2n) is 4.16. The SMILES string of the molecule is c1ccc2[nH]c(SC[C@H]3CCCN3)nc2c1. The highest BCUT2D eigenvalue weighted by molar-refractivity contribution is 7.99. The summed E-state index contributed by atoms with van der Waals surface area (Å²) in [5.41, 5.74) is 2.19. The van der Waals surface area contributed by atoms with Crippen molar-refractivity contribution in [1.29, 1.82) is 0 Å². The van der Waals surface area contributed by atoms with Gasteiger partial charge in [-0.1, -0.05) is 23.9 Å². The van der Waals surface area contributed by atoms with Crippen LogP contribution < -0.4 is 5.32 Å². The number of thioether (sulfide) groups is 1. The maximum absolute atomic E-state index is 4.55. The van der Waals surface area contributed by atoms with Gasteiger partial charge in [-0.2, -0.15) is 0 Å². The fourth-order valence-electron chi connectivity index (χ4n) is 2.08. The summed E-state index contributed by atoms with van der Waals surface area (Å²) in [5, 5.41) is 4.54. The molecule has 0 saturated carbocycles. The van der Waals surface area contributed by atoms with Gasteiger partial charge in [-0.05, 0) is 31.5 Å². The van der Waals surface area contributed by atoms with Crippen LogP contribution in [0.4, 0.5) is 0 Å². The number of aromatic amines is 1. The number of benzene rings is 1. The minimum atomic E-state index is 0.665. The Morgan fingerprint density at radius 3 is 3.12 bits per heavy atom. The van der Waals surface area contributed by atoms with Gasteiger partial charge in [-0.25, -0.2) is 4.98 Å². The fourth-order valence-corrected chi connectivity index (χ4v) is 3.06. The number of imidazole rings is 1. The van der Waals surface area contributed by atoms with Crippen LogP contribution in [0.15, 0.2) is 29.4 Å². The summed E-state index contributed by atoms with van der Waals surface area (Å²) >= 11 is 1.81. The molecule has 1 saturated heterocycles. The van der Waals surface area contributed by atoms with E-state index in [1.807, 2.05) is 30.0 Å². The van der Waals surface area contributed by atoms with Gasteiger partial charge in [0.05, 0.1) is 11.0 Å². The van der Waals surface area contributed by atoms with Gasteiger partial charge in [0, 0.05) is 11.8 Å². The molecule has 3 nitrogen and oxygen atoms in total. The third-order valence-electron chi connectivity index (χ3n) is 2.95. The summed E-state index contributed by atoms with van der Waals surface area (Å²) in [6.45, 7) is 1.17. The van der Waals surface area contributed by atoms with Crippen LogP contribution in [0.5, 0.6) is 0 Å². The van der Waals surface area contributed by atoms with Gasteiger partial charge in [-0.3, -0.25) is 0 Å². The Kier molecular flexibility index (Phi) is 2.84. The summed E-state index contributed by atoms with van der Waals surface area (Å²) in [5.74, 6) is 1.11. The standard InChI is InChI=1S/C12H15N3S/c1-2-6-11-10(5-1)14-12(15-11)16-8-9-4-3-7-13-9/h1-2,5-6,9,13H,3-4,7-8H2,(H,14,15)/t9-/m1/s1. The zero-order valence-electron chi connectivity index (χ0n) is 9.07. The van der Waals surface area contributed by atoms with Crippen LogP contribution >= 0.6 is 11.8 Å². The maximum atomic E-state index is 4.55. The minimum absolute atomic E-state index is 0.665. The summed E-state index contributed by atoms with van der Waals surface area (Å²) < 4.78 is 0. The van der Waals surface area contributed by atoms with Crippen molar-refractivity contribution < 1.29 is 0 Å². The van der Waals surface area contributed by atoms with E-state index in [9.17, 15) is 0 Å². The number of rotatable bonds is 3. The molecule has 0 bridgehead atoms. The van der Waals surface area contributed by atoms with Crippen LogP contribution in [0.2, 0.25) is 0 Å². The average molecular weight is 233 g/mol. The minimum Gasteiger partial charge on any atom is -0.333 e. The zero-order valence-corrected chi connectivity index (χ0v) is 9.89. The summed E-state index contributed by atoms with van der Waals surface area (Å²) in [7, 11) is 0. The van der Waals surface area contributed by atoms with Crippen LogP contribution in [-0.2, 0) is 0 Å². The first kappa shape index (κ1) is 10.2. The second-order valence-corrected chi connectivity index (χ2v) is 5.17. The van der Waals surface area contributed by atoms with Gasteiger partial charge in [0.1, 0.15) is 0 Å². The lowest BCUT2D eigenvalue weighted by Crippen LogP contribution is -2.23.